The molecule has 6 heteroatoms. The van der Waals surface area contributed by atoms with Gasteiger partial charge in [0.25, 0.3) is 5.91 Å². The van der Waals surface area contributed by atoms with Gasteiger partial charge in [-0.25, -0.2) is 8.78 Å². The summed E-state index contributed by atoms with van der Waals surface area (Å²) in [7, 11) is 0. The second-order valence-electron chi connectivity index (χ2n) is 8.57. The molecule has 4 nitrogen and oxygen atoms in total. The first-order valence-corrected chi connectivity index (χ1v) is 10.2. The topological polar surface area (TPSA) is 58.2 Å². The summed E-state index contributed by atoms with van der Waals surface area (Å²) in [5.41, 5.74) is 4.92. The number of carbonyl (C=O) groups is 2. The normalized spacial score (nSPS) is 20.4. The zero-order valence-electron chi connectivity index (χ0n) is 16.6. The molecule has 1 heterocycles. The van der Waals surface area contributed by atoms with E-state index >= 15 is 0 Å². The van der Waals surface area contributed by atoms with Gasteiger partial charge in [0.2, 0.25) is 11.8 Å². The minimum absolute atomic E-state index is 0.142. The second-order valence-corrected chi connectivity index (χ2v) is 8.57. The number of aryl methyl sites for hydroxylation is 1. The van der Waals surface area contributed by atoms with E-state index in [1.807, 2.05) is 43.3 Å². The standard InChI is InChI=1S/C24H22F2N2O2/c1-14-2-3-16(21(29)27-17-5-6-17)12-18(14)15-4-7-19-20(13-15)28-22(30)23(19)8-10-24(25,26)11-9-23/h2-5,7,12-13H,6,8-11H2,1H3,(H,27,29)(H,28,30). The zero-order valence-corrected chi connectivity index (χ0v) is 16.6. The molecule has 2 aliphatic carbocycles. The van der Waals surface area contributed by atoms with Crippen molar-refractivity contribution in [3.63, 3.8) is 0 Å². The summed E-state index contributed by atoms with van der Waals surface area (Å²) < 4.78 is 27.4. The summed E-state index contributed by atoms with van der Waals surface area (Å²) in [6.45, 7) is 1.97. The van der Waals surface area contributed by atoms with Crippen molar-refractivity contribution in [1.29, 1.82) is 0 Å². The largest absolute Gasteiger partial charge is 0.326 e. The quantitative estimate of drug-likeness (QED) is 0.744. The number of carbonyl (C=O) groups excluding carboxylic acids is 2. The summed E-state index contributed by atoms with van der Waals surface area (Å²) in [6, 6.07) is 11.2. The zero-order chi connectivity index (χ0) is 21.1. The summed E-state index contributed by atoms with van der Waals surface area (Å²) >= 11 is 0. The van der Waals surface area contributed by atoms with Crippen LogP contribution >= 0.6 is 0 Å². The van der Waals surface area contributed by atoms with E-state index < -0.39 is 11.3 Å². The van der Waals surface area contributed by atoms with Gasteiger partial charge in [-0.3, -0.25) is 9.59 Å². The first-order chi connectivity index (χ1) is 14.3. The molecule has 1 spiro atoms. The van der Waals surface area contributed by atoms with E-state index in [9.17, 15) is 18.4 Å². The monoisotopic (exact) mass is 408 g/mol. The van der Waals surface area contributed by atoms with Crippen molar-refractivity contribution in [3.8, 4) is 11.1 Å². The minimum atomic E-state index is -2.69. The highest BCUT2D eigenvalue weighted by Crippen LogP contribution is 2.51. The van der Waals surface area contributed by atoms with Gasteiger partial charge in [-0.1, -0.05) is 24.3 Å². The first-order valence-electron chi connectivity index (χ1n) is 10.2. The number of hydrogen-bond donors (Lipinski definition) is 2. The number of amides is 2. The molecular formula is C24H22F2N2O2. The van der Waals surface area contributed by atoms with Gasteiger partial charge < -0.3 is 10.6 Å². The van der Waals surface area contributed by atoms with Crippen LogP contribution in [0.25, 0.3) is 11.1 Å². The Kier molecular flexibility index (Phi) is 4.10. The second kappa shape index (κ2) is 6.49. The van der Waals surface area contributed by atoms with Crippen molar-refractivity contribution in [2.45, 2.75) is 50.4 Å². The van der Waals surface area contributed by atoms with Gasteiger partial charge in [0.15, 0.2) is 0 Å². The van der Waals surface area contributed by atoms with Crippen LogP contribution in [0.15, 0.2) is 48.2 Å². The Balaban J connectivity index is 1.48. The van der Waals surface area contributed by atoms with Crippen LogP contribution in [0.1, 0.15) is 53.6 Å². The fourth-order valence-corrected chi connectivity index (χ4v) is 4.58. The SMILES string of the molecule is Cc1ccc(C(=O)NC2=CC2)cc1-c1ccc2c(c1)NC(=O)C21CCC(F)(F)CC1. The van der Waals surface area contributed by atoms with Crippen LogP contribution in [-0.2, 0) is 10.2 Å². The van der Waals surface area contributed by atoms with Gasteiger partial charge in [0.05, 0.1) is 5.41 Å². The molecule has 2 aromatic rings. The van der Waals surface area contributed by atoms with E-state index in [0.717, 1.165) is 34.4 Å². The average molecular weight is 408 g/mol. The first kappa shape index (κ1) is 19.0. The van der Waals surface area contributed by atoms with E-state index in [1.165, 1.54) is 0 Å². The third kappa shape index (κ3) is 3.11. The van der Waals surface area contributed by atoms with Crippen molar-refractivity contribution in [2.75, 3.05) is 5.32 Å². The molecule has 2 amide bonds. The molecule has 3 aliphatic rings. The van der Waals surface area contributed by atoms with Crippen molar-refractivity contribution >= 4 is 17.5 Å². The van der Waals surface area contributed by atoms with Gasteiger partial charge in [-0.05, 0) is 60.2 Å². The van der Waals surface area contributed by atoms with Crippen LogP contribution in [0.4, 0.5) is 14.5 Å². The molecule has 1 fully saturated rings. The Bertz CT molecular complexity index is 1110. The van der Waals surface area contributed by atoms with Crippen LogP contribution in [-0.4, -0.2) is 17.7 Å². The molecule has 0 atom stereocenters. The number of nitrogens with one attached hydrogen (secondary N) is 2. The number of rotatable bonds is 3. The fraction of sp³-hybridized carbons (Fsp3) is 0.333. The van der Waals surface area contributed by atoms with Crippen molar-refractivity contribution in [2.24, 2.45) is 0 Å². The number of anilines is 1. The highest BCUT2D eigenvalue weighted by molar-refractivity contribution is 6.07. The maximum atomic E-state index is 13.7. The van der Waals surface area contributed by atoms with E-state index in [4.69, 9.17) is 0 Å². The molecule has 0 radical (unpaired) electrons. The Morgan fingerprint density at radius 3 is 2.50 bits per heavy atom. The lowest BCUT2D eigenvalue weighted by molar-refractivity contribution is -0.125. The van der Waals surface area contributed by atoms with E-state index in [-0.39, 0.29) is 37.5 Å². The summed E-state index contributed by atoms with van der Waals surface area (Å²) in [6.07, 6.45) is 2.55. The Hall–Kier alpha value is -3.02. The molecule has 5 rings (SSSR count). The van der Waals surface area contributed by atoms with Crippen LogP contribution in [0.2, 0.25) is 0 Å². The number of benzene rings is 2. The van der Waals surface area contributed by atoms with Crippen LogP contribution < -0.4 is 10.6 Å². The van der Waals surface area contributed by atoms with Gasteiger partial charge >= 0.3 is 0 Å². The Morgan fingerprint density at radius 1 is 1.07 bits per heavy atom. The number of hydrogen-bond acceptors (Lipinski definition) is 2. The van der Waals surface area contributed by atoms with E-state index in [2.05, 4.69) is 10.6 Å². The third-order valence-electron chi connectivity index (χ3n) is 6.55. The summed E-state index contributed by atoms with van der Waals surface area (Å²) in [5, 5.41) is 5.78. The number of fused-ring (bicyclic) bond motifs is 2. The van der Waals surface area contributed by atoms with Crippen molar-refractivity contribution in [3.05, 3.63) is 64.9 Å². The molecular weight excluding hydrogens is 386 g/mol. The smallest absolute Gasteiger partial charge is 0.255 e. The lowest BCUT2D eigenvalue weighted by atomic mass is 9.69. The van der Waals surface area contributed by atoms with Crippen molar-refractivity contribution < 1.29 is 18.4 Å². The predicted octanol–water partition coefficient (Wildman–Crippen LogP) is 5.08. The van der Waals surface area contributed by atoms with Gasteiger partial charge in [-0.15, -0.1) is 0 Å². The van der Waals surface area contributed by atoms with Crippen LogP contribution in [0, 0.1) is 6.92 Å². The molecule has 2 aromatic carbocycles. The third-order valence-corrected chi connectivity index (χ3v) is 6.55. The average Bonchev–Trinajstić information content (AvgIpc) is 3.48. The highest BCUT2D eigenvalue weighted by Gasteiger charge is 2.52. The van der Waals surface area contributed by atoms with Gasteiger partial charge in [0.1, 0.15) is 0 Å². The molecule has 0 bridgehead atoms. The minimum Gasteiger partial charge on any atom is -0.326 e. The fourth-order valence-electron chi connectivity index (χ4n) is 4.58. The maximum absolute atomic E-state index is 13.7. The summed E-state index contributed by atoms with van der Waals surface area (Å²) in [5.74, 6) is -3.02. The Morgan fingerprint density at radius 2 is 1.80 bits per heavy atom. The number of allylic oxidation sites excluding steroid dienone is 2. The van der Waals surface area contributed by atoms with Crippen LogP contribution in [0.5, 0.6) is 0 Å². The molecule has 1 saturated carbocycles. The Labute approximate surface area is 173 Å². The molecule has 0 aromatic heterocycles. The summed E-state index contributed by atoms with van der Waals surface area (Å²) in [4.78, 5) is 25.2. The number of alkyl halides is 2. The lowest BCUT2D eigenvalue weighted by Gasteiger charge is -2.35. The number of halogens is 2. The maximum Gasteiger partial charge on any atom is 0.255 e. The molecule has 0 saturated heterocycles. The molecule has 1 aliphatic heterocycles. The molecule has 0 unspecified atom stereocenters. The van der Waals surface area contributed by atoms with E-state index in [0.29, 0.717) is 11.3 Å². The van der Waals surface area contributed by atoms with Crippen molar-refractivity contribution in [1.82, 2.24) is 5.32 Å². The highest BCUT2D eigenvalue weighted by atomic mass is 19.3. The lowest BCUT2D eigenvalue weighted by Crippen LogP contribution is -2.41. The van der Waals surface area contributed by atoms with Gasteiger partial charge in [0, 0.05) is 36.2 Å². The molecule has 30 heavy (non-hydrogen) atoms. The van der Waals surface area contributed by atoms with Gasteiger partial charge in [-0.2, -0.15) is 0 Å². The molecule has 154 valence electrons. The van der Waals surface area contributed by atoms with Crippen LogP contribution in [0.3, 0.4) is 0 Å². The molecule has 2 N–H and O–H groups in total. The predicted molar refractivity (Wildman–Crippen MR) is 111 cm³/mol. The van der Waals surface area contributed by atoms with E-state index in [1.54, 1.807) is 6.07 Å².